The summed E-state index contributed by atoms with van der Waals surface area (Å²) in [4.78, 5) is 32.6. The molecule has 0 atom stereocenters. The van der Waals surface area contributed by atoms with Crippen LogP contribution < -0.4 is 0 Å². The van der Waals surface area contributed by atoms with E-state index in [9.17, 15) is 19.7 Å². The van der Waals surface area contributed by atoms with Crippen molar-refractivity contribution in [3.63, 3.8) is 0 Å². The average Bonchev–Trinajstić information content (AvgIpc) is 2.46. The predicted molar refractivity (Wildman–Crippen MR) is 72.5 cm³/mol. The van der Waals surface area contributed by atoms with Crippen LogP contribution in [0.5, 0.6) is 0 Å². The molecule has 0 heterocycles. The minimum atomic E-state index is -1.55. The van der Waals surface area contributed by atoms with Crippen LogP contribution in [0.1, 0.15) is 20.7 Å². The summed E-state index contributed by atoms with van der Waals surface area (Å²) in [6, 6.07) is 9.89. The molecule has 0 aromatic heterocycles. The quantitative estimate of drug-likeness (QED) is 0.659. The van der Waals surface area contributed by atoms with E-state index in [1.165, 1.54) is 0 Å². The molecule has 106 valence electrons. The molecule has 0 saturated heterocycles. The van der Waals surface area contributed by atoms with E-state index < -0.39 is 28.1 Å². The molecule has 7 heteroatoms. The lowest BCUT2D eigenvalue weighted by atomic mass is 9.97. The van der Waals surface area contributed by atoms with Gasteiger partial charge in [-0.15, -0.1) is 0 Å². The van der Waals surface area contributed by atoms with Gasteiger partial charge in [-0.3, -0.25) is 10.1 Å². The number of rotatable bonds is 4. The minimum Gasteiger partial charge on any atom is -0.478 e. The third-order valence-corrected chi connectivity index (χ3v) is 2.85. The molecule has 0 aliphatic carbocycles. The highest BCUT2D eigenvalue weighted by molar-refractivity contribution is 6.01. The molecule has 2 N–H and O–H groups in total. The SMILES string of the molecule is O=C(O)c1cc(C(=O)O)c([N+](=O)[O-])c(-c2ccccc2)c1. The summed E-state index contributed by atoms with van der Waals surface area (Å²) in [5, 5.41) is 29.3. The fourth-order valence-corrected chi connectivity index (χ4v) is 1.96. The van der Waals surface area contributed by atoms with E-state index in [-0.39, 0.29) is 11.1 Å². The molecule has 2 aromatic rings. The molecule has 0 fully saturated rings. The Morgan fingerprint density at radius 3 is 2.10 bits per heavy atom. The topological polar surface area (TPSA) is 118 Å². The normalized spacial score (nSPS) is 10.1. The Morgan fingerprint density at radius 1 is 1.00 bits per heavy atom. The van der Waals surface area contributed by atoms with Crippen LogP contribution in [0.2, 0.25) is 0 Å². The molecular formula is C14H9NO6. The molecule has 2 aromatic carbocycles. The van der Waals surface area contributed by atoms with Crippen LogP contribution in [0.15, 0.2) is 42.5 Å². The lowest BCUT2D eigenvalue weighted by molar-refractivity contribution is -0.384. The van der Waals surface area contributed by atoms with Gasteiger partial charge in [-0.2, -0.15) is 0 Å². The number of carboxylic acid groups (broad SMARTS) is 2. The monoisotopic (exact) mass is 287 g/mol. The number of nitro groups is 1. The lowest BCUT2D eigenvalue weighted by Crippen LogP contribution is -2.08. The fraction of sp³-hybridized carbons (Fsp3) is 0. The molecule has 21 heavy (non-hydrogen) atoms. The Bertz CT molecular complexity index is 739. The minimum absolute atomic E-state index is 0.0436. The van der Waals surface area contributed by atoms with Crippen LogP contribution in [0, 0.1) is 10.1 Å². The van der Waals surface area contributed by atoms with Crippen molar-refractivity contribution in [1.29, 1.82) is 0 Å². The van der Waals surface area contributed by atoms with Crippen molar-refractivity contribution in [2.75, 3.05) is 0 Å². The van der Waals surface area contributed by atoms with Crippen LogP contribution in [-0.4, -0.2) is 27.1 Å². The van der Waals surface area contributed by atoms with Gasteiger partial charge in [-0.1, -0.05) is 30.3 Å². The zero-order chi connectivity index (χ0) is 15.6. The highest BCUT2D eigenvalue weighted by Gasteiger charge is 2.27. The summed E-state index contributed by atoms with van der Waals surface area (Å²) < 4.78 is 0. The molecule has 2 rings (SSSR count). The van der Waals surface area contributed by atoms with E-state index in [0.29, 0.717) is 5.56 Å². The van der Waals surface area contributed by atoms with E-state index in [1.54, 1.807) is 30.3 Å². The molecule has 0 aliphatic rings. The van der Waals surface area contributed by atoms with Crippen molar-refractivity contribution in [2.24, 2.45) is 0 Å². The molecular weight excluding hydrogens is 278 g/mol. The summed E-state index contributed by atoms with van der Waals surface area (Å²) in [6.45, 7) is 0. The number of hydrogen-bond donors (Lipinski definition) is 2. The largest absolute Gasteiger partial charge is 0.478 e. The first-order valence-corrected chi connectivity index (χ1v) is 5.76. The summed E-state index contributed by atoms with van der Waals surface area (Å²) >= 11 is 0. The zero-order valence-electron chi connectivity index (χ0n) is 10.5. The van der Waals surface area contributed by atoms with Crippen LogP contribution in [-0.2, 0) is 0 Å². The maximum absolute atomic E-state index is 11.2. The Morgan fingerprint density at radius 2 is 1.62 bits per heavy atom. The van der Waals surface area contributed by atoms with Crippen molar-refractivity contribution >= 4 is 17.6 Å². The summed E-state index contributed by atoms with van der Waals surface area (Å²) in [5.41, 5.74) is -1.28. The number of carboxylic acids is 2. The Balaban J connectivity index is 2.86. The van der Waals surface area contributed by atoms with Crippen molar-refractivity contribution in [1.82, 2.24) is 0 Å². The van der Waals surface area contributed by atoms with E-state index in [1.807, 2.05) is 0 Å². The third kappa shape index (κ3) is 2.71. The number of benzene rings is 2. The van der Waals surface area contributed by atoms with Crippen LogP contribution in [0.25, 0.3) is 11.1 Å². The van der Waals surface area contributed by atoms with Gasteiger partial charge in [-0.25, -0.2) is 9.59 Å². The Kier molecular flexibility index (Phi) is 3.66. The van der Waals surface area contributed by atoms with Crippen molar-refractivity contribution in [2.45, 2.75) is 0 Å². The molecule has 0 unspecified atom stereocenters. The second kappa shape index (κ2) is 5.41. The second-order valence-corrected chi connectivity index (χ2v) is 4.15. The molecule has 7 nitrogen and oxygen atoms in total. The van der Waals surface area contributed by atoms with Crippen LogP contribution in [0.3, 0.4) is 0 Å². The number of hydrogen-bond acceptors (Lipinski definition) is 4. The molecule has 0 amide bonds. The van der Waals surface area contributed by atoms with E-state index in [4.69, 9.17) is 10.2 Å². The van der Waals surface area contributed by atoms with E-state index in [0.717, 1.165) is 12.1 Å². The van der Waals surface area contributed by atoms with Gasteiger partial charge in [0.1, 0.15) is 5.56 Å². The highest BCUT2D eigenvalue weighted by atomic mass is 16.6. The van der Waals surface area contributed by atoms with Gasteiger partial charge in [-0.05, 0) is 17.7 Å². The average molecular weight is 287 g/mol. The first-order valence-electron chi connectivity index (χ1n) is 5.76. The van der Waals surface area contributed by atoms with E-state index in [2.05, 4.69) is 0 Å². The third-order valence-electron chi connectivity index (χ3n) is 2.85. The molecule has 0 saturated carbocycles. The van der Waals surface area contributed by atoms with E-state index >= 15 is 0 Å². The van der Waals surface area contributed by atoms with Gasteiger partial charge in [0.25, 0.3) is 5.69 Å². The van der Waals surface area contributed by atoms with Gasteiger partial charge >= 0.3 is 11.9 Å². The van der Waals surface area contributed by atoms with Gasteiger partial charge in [0.15, 0.2) is 0 Å². The van der Waals surface area contributed by atoms with Gasteiger partial charge in [0.2, 0.25) is 0 Å². The maximum atomic E-state index is 11.2. The van der Waals surface area contributed by atoms with Crippen LogP contribution in [0.4, 0.5) is 5.69 Å². The Hall–Kier alpha value is -3.22. The number of nitro benzene ring substituents is 1. The molecule has 0 spiro atoms. The summed E-state index contributed by atoms with van der Waals surface area (Å²) in [5.74, 6) is -2.91. The number of nitrogens with zero attached hydrogens (tertiary/aromatic N) is 1. The second-order valence-electron chi connectivity index (χ2n) is 4.15. The summed E-state index contributed by atoms with van der Waals surface area (Å²) in [6.07, 6.45) is 0. The van der Waals surface area contributed by atoms with Gasteiger partial charge in [0, 0.05) is 0 Å². The maximum Gasteiger partial charge on any atom is 0.342 e. The molecule has 0 radical (unpaired) electrons. The highest BCUT2D eigenvalue weighted by Crippen LogP contribution is 2.34. The van der Waals surface area contributed by atoms with Gasteiger partial charge < -0.3 is 10.2 Å². The lowest BCUT2D eigenvalue weighted by Gasteiger charge is -2.07. The molecule has 0 aliphatic heterocycles. The van der Waals surface area contributed by atoms with Crippen LogP contribution >= 0.6 is 0 Å². The Labute approximate surface area is 118 Å². The standard InChI is InChI=1S/C14H9NO6/c16-13(17)9-6-10(8-4-2-1-3-5-8)12(15(20)21)11(7-9)14(18)19/h1-7H,(H,16,17)(H,18,19). The summed E-state index contributed by atoms with van der Waals surface area (Å²) in [7, 11) is 0. The number of aromatic carboxylic acids is 2. The first-order chi connectivity index (χ1) is 9.91. The molecule has 0 bridgehead atoms. The fourth-order valence-electron chi connectivity index (χ4n) is 1.96. The smallest absolute Gasteiger partial charge is 0.342 e. The van der Waals surface area contributed by atoms with Crippen molar-refractivity contribution < 1.29 is 24.7 Å². The number of carbonyl (C=O) groups is 2. The predicted octanol–water partition coefficient (Wildman–Crippen LogP) is 2.66. The van der Waals surface area contributed by atoms with Gasteiger partial charge in [0.05, 0.1) is 16.1 Å². The van der Waals surface area contributed by atoms with Crippen molar-refractivity contribution in [3.8, 4) is 11.1 Å². The van der Waals surface area contributed by atoms with Crippen molar-refractivity contribution in [3.05, 3.63) is 63.7 Å². The first kappa shape index (κ1) is 14.2. The zero-order valence-corrected chi connectivity index (χ0v) is 10.5.